The molecular weight excluding hydrogens is 603 g/mol. The van der Waals surface area contributed by atoms with Crippen LogP contribution in [0, 0.1) is 11.7 Å². The average molecular weight is 646 g/mol. The van der Waals surface area contributed by atoms with Crippen molar-refractivity contribution in [1.29, 1.82) is 0 Å². The molecule has 0 amide bonds. The number of hydrogen-bond donors (Lipinski definition) is 1. The van der Waals surface area contributed by atoms with Gasteiger partial charge in [-0.15, -0.1) is 0 Å². The molecule has 45 heavy (non-hydrogen) atoms. The fourth-order valence-corrected chi connectivity index (χ4v) is 8.81. The monoisotopic (exact) mass is 645 g/mol. The molecule has 0 aliphatic carbocycles. The summed E-state index contributed by atoms with van der Waals surface area (Å²) in [4.78, 5) is 25.2. The van der Waals surface area contributed by atoms with E-state index in [9.17, 15) is 13.2 Å². The minimum absolute atomic E-state index is 0.0284. The van der Waals surface area contributed by atoms with E-state index in [1.54, 1.807) is 17.6 Å². The third kappa shape index (κ3) is 6.91. The fourth-order valence-electron chi connectivity index (χ4n) is 7.31. The molecule has 2 aromatic heterocycles. The van der Waals surface area contributed by atoms with Gasteiger partial charge in [0.25, 0.3) is 11.5 Å². The Morgan fingerprint density at radius 3 is 2.38 bits per heavy atom. The number of hydrogen-bond acceptors (Lipinski definition) is 7. The second-order valence-electron chi connectivity index (χ2n) is 13.1. The Kier molecular flexibility index (Phi) is 9.25. The number of benzene rings is 1. The molecule has 0 spiro atoms. The van der Waals surface area contributed by atoms with Crippen LogP contribution in [0.25, 0.3) is 11.0 Å². The Morgan fingerprint density at radius 2 is 1.64 bits per heavy atom. The molecule has 0 saturated carbocycles. The zero-order valence-corrected chi connectivity index (χ0v) is 26.6. The normalized spacial score (nSPS) is 26.3. The highest BCUT2D eigenvalue weighted by Crippen LogP contribution is 2.41. The minimum Gasteiger partial charge on any atom is -0.363 e. The number of alkyl halides is 2. The van der Waals surface area contributed by atoms with E-state index in [1.807, 2.05) is 0 Å². The number of sulfone groups is 1. The van der Waals surface area contributed by atoms with E-state index in [1.165, 1.54) is 24.5 Å². The lowest BCUT2D eigenvalue weighted by Gasteiger charge is -2.34. The number of fused-ring (bicyclic) bond motifs is 9. The van der Waals surface area contributed by atoms with Crippen molar-refractivity contribution in [2.24, 2.45) is 5.92 Å². The molecule has 7 rings (SSSR count). The number of pyridine rings is 1. The van der Waals surface area contributed by atoms with Crippen LogP contribution in [0.3, 0.4) is 0 Å². The van der Waals surface area contributed by atoms with Crippen molar-refractivity contribution in [3.8, 4) is 0 Å². The van der Waals surface area contributed by atoms with Crippen molar-refractivity contribution < 1.29 is 21.6 Å². The average Bonchev–Trinajstić information content (AvgIpc) is 3.00. The van der Waals surface area contributed by atoms with Gasteiger partial charge in [-0.2, -0.15) is 0 Å². The Morgan fingerprint density at radius 1 is 0.933 bits per heavy atom. The quantitative estimate of drug-likeness (QED) is 0.339. The first-order valence-corrected chi connectivity index (χ1v) is 18.1. The van der Waals surface area contributed by atoms with E-state index in [-0.39, 0.29) is 40.9 Å². The van der Waals surface area contributed by atoms with E-state index in [4.69, 9.17) is 0 Å². The van der Waals surface area contributed by atoms with Crippen LogP contribution in [0.4, 0.5) is 19.0 Å². The first-order chi connectivity index (χ1) is 21.5. The van der Waals surface area contributed by atoms with Crippen LogP contribution < -0.4 is 10.9 Å². The topological polar surface area (TPSA) is 97.2 Å². The van der Waals surface area contributed by atoms with Gasteiger partial charge in [-0.3, -0.25) is 9.36 Å². The lowest BCUT2D eigenvalue weighted by Crippen LogP contribution is -2.36. The molecule has 1 atom stereocenters. The molecule has 0 unspecified atom stereocenters. The maximum atomic E-state index is 15.9. The summed E-state index contributed by atoms with van der Waals surface area (Å²) in [5.74, 6) is -4.20. The van der Waals surface area contributed by atoms with Gasteiger partial charge in [0.05, 0.1) is 28.5 Å². The van der Waals surface area contributed by atoms with Crippen LogP contribution in [-0.2, 0) is 22.3 Å². The third-order valence-electron chi connectivity index (χ3n) is 10.0. The summed E-state index contributed by atoms with van der Waals surface area (Å²) in [6.45, 7) is 4.59. The predicted molar refractivity (Wildman–Crippen MR) is 169 cm³/mol. The number of nitrogens with zero attached hydrogens (tertiary/aromatic N) is 4. The molecule has 1 aromatic carbocycles. The number of anilines is 1. The highest BCUT2D eigenvalue weighted by molar-refractivity contribution is 7.91. The molecule has 6 heterocycles. The lowest BCUT2D eigenvalue weighted by molar-refractivity contribution is -0.0401. The van der Waals surface area contributed by atoms with Crippen molar-refractivity contribution in [3.63, 3.8) is 0 Å². The first-order valence-electron chi connectivity index (χ1n) is 16.3. The zero-order chi connectivity index (χ0) is 31.8. The molecule has 1 N–H and O–H groups in total. The summed E-state index contributed by atoms with van der Waals surface area (Å²) in [5.41, 5.74) is 0.305. The van der Waals surface area contributed by atoms with Crippen molar-refractivity contribution >= 4 is 26.7 Å². The van der Waals surface area contributed by atoms with E-state index in [2.05, 4.69) is 20.2 Å². The van der Waals surface area contributed by atoms with Crippen molar-refractivity contribution in [1.82, 2.24) is 19.4 Å². The molecular formula is C33H42F3N5O3S. The number of nitrogens with one attached hydrogen (secondary N) is 1. The van der Waals surface area contributed by atoms with Gasteiger partial charge in [0.1, 0.15) is 33.4 Å². The lowest BCUT2D eigenvalue weighted by atomic mass is 9.87. The Labute approximate surface area is 262 Å². The van der Waals surface area contributed by atoms with Crippen LogP contribution in [0.5, 0.6) is 0 Å². The van der Waals surface area contributed by atoms with E-state index < -0.39 is 33.2 Å². The van der Waals surface area contributed by atoms with Gasteiger partial charge in [-0.1, -0.05) is 31.0 Å². The van der Waals surface area contributed by atoms with Gasteiger partial charge in [-0.25, -0.2) is 31.6 Å². The van der Waals surface area contributed by atoms with Gasteiger partial charge in [-0.05, 0) is 83.0 Å². The minimum atomic E-state index is -3.30. The summed E-state index contributed by atoms with van der Waals surface area (Å²) >= 11 is 0. The van der Waals surface area contributed by atoms with Gasteiger partial charge < -0.3 is 10.2 Å². The smallest absolute Gasteiger partial charge is 0.276 e. The van der Waals surface area contributed by atoms with Crippen LogP contribution in [-0.4, -0.2) is 59.0 Å². The highest BCUT2D eigenvalue weighted by atomic mass is 32.2. The van der Waals surface area contributed by atoms with Crippen LogP contribution in [0.15, 0.2) is 35.4 Å². The van der Waals surface area contributed by atoms with Crippen LogP contribution in [0.2, 0.25) is 0 Å². The van der Waals surface area contributed by atoms with Gasteiger partial charge >= 0.3 is 0 Å². The van der Waals surface area contributed by atoms with Crippen molar-refractivity contribution in [2.75, 3.05) is 36.5 Å². The van der Waals surface area contributed by atoms with Gasteiger partial charge in [0, 0.05) is 24.1 Å². The molecule has 2 fully saturated rings. The van der Waals surface area contributed by atoms with Gasteiger partial charge in [0.15, 0.2) is 0 Å². The molecule has 8 nitrogen and oxygen atoms in total. The van der Waals surface area contributed by atoms with Gasteiger partial charge in [0.2, 0.25) is 0 Å². The number of aromatic nitrogens is 3. The molecule has 8 bridgehead atoms. The Balaban J connectivity index is 1.41. The molecule has 2 saturated heterocycles. The number of rotatable bonds is 1. The van der Waals surface area contributed by atoms with Crippen molar-refractivity contribution in [2.45, 2.75) is 89.1 Å². The van der Waals surface area contributed by atoms with Crippen molar-refractivity contribution in [3.05, 3.63) is 63.5 Å². The largest absolute Gasteiger partial charge is 0.363 e. The van der Waals surface area contributed by atoms with Crippen LogP contribution >= 0.6 is 0 Å². The van der Waals surface area contributed by atoms with Crippen LogP contribution in [0.1, 0.15) is 93.4 Å². The van der Waals surface area contributed by atoms with E-state index in [0.29, 0.717) is 54.6 Å². The second-order valence-corrected chi connectivity index (χ2v) is 15.4. The Hall–Kier alpha value is -2.99. The summed E-state index contributed by atoms with van der Waals surface area (Å²) in [7, 11) is -3.13. The summed E-state index contributed by atoms with van der Waals surface area (Å²) < 4.78 is 73.1. The second kappa shape index (κ2) is 13.0. The molecule has 4 aliphatic heterocycles. The standard InChI is InChI=1S/C33H42F3N5O3S/c1-22-25-7-6-8-28(29(25)34)33(35,36)20-23-9-15-40(16-10-23)13-4-2-3-5-14-41-31-27(30(39-22)37-21-38-31)19-26(32(41)42)24-11-17-45(43,44)18-12-24/h6-8,19,21-24H,2-5,9-18,20H2,1H3,(H,37,38,39)/t22-/m0/s1. The summed E-state index contributed by atoms with van der Waals surface area (Å²) in [6.07, 6.45) is 6.71. The predicted octanol–water partition coefficient (Wildman–Crippen LogP) is 6.16. The molecule has 244 valence electrons. The third-order valence-corrected chi connectivity index (χ3v) is 11.7. The number of piperidine rings is 1. The van der Waals surface area contributed by atoms with E-state index in [0.717, 1.165) is 45.3 Å². The molecule has 12 heteroatoms. The number of halogens is 3. The first kappa shape index (κ1) is 32.0. The SMILES string of the molecule is C[C@@H]1Nc2ncnc3c2cc(C2CCS(=O)(=O)CC2)c(=O)n3CCCCCCN2CCC(CC2)CC(F)(F)c2cccc1c2F. The molecule has 3 aromatic rings. The fraction of sp³-hybridized carbons (Fsp3) is 0.606. The number of aryl methyl sites for hydroxylation is 1. The molecule has 0 radical (unpaired) electrons. The summed E-state index contributed by atoms with van der Waals surface area (Å²) in [5, 5.41) is 3.78. The summed E-state index contributed by atoms with van der Waals surface area (Å²) in [6, 6.07) is 5.19. The Bertz CT molecular complexity index is 1690. The highest BCUT2D eigenvalue weighted by Gasteiger charge is 2.39. The zero-order valence-electron chi connectivity index (χ0n) is 25.8. The maximum Gasteiger partial charge on any atom is 0.276 e. The maximum absolute atomic E-state index is 15.9. The van der Waals surface area contributed by atoms with E-state index >= 15 is 13.2 Å². The molecule has 4 aliphatic rings.